The zero-order valence-corrected chi connectivity index (χ0v) is 17.1. The summed E-state index contributed by atoms with van der Waals surface area (Å²) >= 11 is 1.19. The minimum atomic E-state index is -0.398. The predicted octanol–water partition coefficient (Wildman–Crippen LogP) is 4.23. The molecule has 4 rings (SSSR count). The van der Waals surface area contributed by atoms with E-state index in [2.05, 4.69) is 15.5 Å². The van der Waals surface area contributed by atoms with Crippen LogP contribution < -0.4 is 5.32 Å². The van der Waals surface area contributed by atoms with Gasteiger partial charge in [0, 0.05) is 18.7 Å². The Balaban J connectivity index is 1.39. The summed E-state index contributed by atoms with van der Waals surface area (Å²) < 4.78 is 13.0. The highest BCUT2D eigenvalue weighted by Crippen LogP contribution is 2.34. The molecule has 1 saturated heterocycles. The van der Waals surface area contributed by atoms with E-state index in [9.17, 15) is 14.0 Å². The van der Waals surface area contributed by atoms with Crippen LogP contribution in [0.1, 0.15) is 45.7 Å². The van der Waals surface area contributed by atoms with Crippen molar-refractivity contribution in [2.24, 2.45) is 0 Å². The molecule has 2 amide bonds. The van der Waals surface area contributed by atoms with Crippen LogP contribution in [-0.4, -0.2) is 33.5 Å². The van der Waals surface area contributed by atoms with Crippen molar-refractivity contribution >= 4 is 28.8 Å². The molecule has 2 heterocycles. The van der Waals surface area contributed by atoms with Crippen molar-refractivity contribution < 1.29 is 14.0 Å². The van der Waals surface area contributed by atoms with Gasteiger partial charge in [-0.25, -0.2) is 4.39 Å². The maximum atomic E-state index is 13.0. The smallest absolute Gasteiger partial charge is 0.286 e. The number of hydrogen-bond acceptors (Lipinski definition) is 5. The molecule has 0 aliphatic carbocycles. The molecule has 30 heavy (non-hydrogen) atoms. The standard InChI is InChI=1S/C22H21FN4O2S/c23-16-9-11-17(12-10-16)24-20(29)22-26-25-21(30-22)18-7-4-14-27(18)19(28)13-8-15-5-2-1-3-6-15/h1-3,5-6,9-12,18H,4,7-8,13-14H2,(H,24,29)/t18-/m0/s1. The Morgan fingerprint density at radius 2 is 1.87 bits per heavy atom. The van der Waals surface area contributed by atoms with E-state index >= 15 is 0 Å². The quantitative estimate of drug-likeness (QED) is 0.643. The number of benzene rings is 2. The molecule has 0 spiro atoms. The van der Waals surface area contributed by atoms with Gasteiger partial charge in [-0.15, -0.1) is 10.2 Å². The number of carbonyl (C=O) groups is 2. The highest BCUT2D eigenvalue weighted by Gasteiger charge is 2.32. The normalized spacial score (nSPS) is 15.9. The molecule has 0 bridgehead atoms. The molecule has 1 atom stereocenters. The maximum absolute atomic E-state index is 13.0. The van der Waals surface area contributed by atoms with Gasteiger partial charge in [0.1, 0.15) is 10.8 Å². The SMILES string of the molecule is O=C(Nc1ccc(F)cc1)c1nnc([C@@H]2CCCN2C(=O)CCc2ccccc2)s1. The topological polar surface area (TPSA) is 75.2 Å². The second-order valence-electron chi connectivity index (χ2n) is 7.14. The number of carbonyl (C=O) groups excluding carboxylic acids is 2. The number of anilines is 1. The second-order valence-corrected chi connectivity index (χ2v) is 8.15. The molecule has 1 N–H and O–H groups in total. The fourth-order valence-corrected chi connectivity index (χ4v) is 4.43. The van der Waals surface area contributed by atoms with Crippen LogP contribution >= 0.6 is 11.3 Å². The Morgan fingerprint density at radius 1 is 1.10 bits per heavy atom. The first-order valence-electron chi connectivity index (χ1n) is 9.84. The number of nitrogens with one attached hydrogen (secondary N) is 1. The molecule has 8 heteroatoms. The number of aromatic nitrogens is 2. The number of aryl methyl sites for hydroxylation is 1. The highest BCUT2D eigenvalue weighted by atomic mass is 32.1. The van der Waals surface area contributed by atoms with E-state index in [1.54, 1.807) is 0 Å². The van der Waals surface area contributed by atoms with Crippen LogP contribution in [0.2, 0.25) is 0 Å². The monoisotopic (exact) mass is 424 g/mol. The third-order valence-electron chi connectivity index (χ3n) is 5.07. The van der Waals surface area contributed by atoms with E-state index in [0.29, 0.717) is 30.1 Å². The van der Waals surface area contributed by atoms with E-state index in [1.807, 2.05) is 35.2 Å². The number of halogens is 1. The molecule has 3 aromatic rings. The summed E-state index contributed by atoms with van der Waals surface area (Å²) in [7, 11) is 0. The van der Waals surface area contributed by atoms with Crippen molar-refractivity contribution in [2.45, 2.75) is 31.7 Å². The average Bonchev–Trinajstić information content (AvgIpc) is 3.44. The Hall–Kier alpha value is -3.13. The summed E-state index contributed by atoms with van der Waals surface area (Å²) in [6.45, 7) is 0.689. The summed E-state index contributed by atoms with van der Waals surface area (Å²) in [5, 5.41) is 11.8. The fourth-order valence-electron chi connectivity index (χ4n) is 3.54. The molecule has 1 fully saturated rings. The summed E-state index contributed by atoms with van der Waals surface area (Å²) in [4.78, 5) is 27.1. The van der Waals surface area contributed by atoms with E-state index in [1.165, 1.54) is 35.6 Å². The first-order chi connectivity index (χ1) is 14.6. The Morgan fingerprint density at radius 3 is 2.63 bits per heavy atom. The zero-order valence-electron chi connectivity index (χ0n) is 16.3. The average molecular weight is 425 g/mol. The number of rotatable bonds is 6. The first-order valence-corrected chi connectivity index (χ1v) is 10.7. The predicted molar refractivity (Wildman–Crippen MR) is 113 cm³/mol. The Bertz CT molecular complexity index is 1020. The lowest BCUT2D eigenvalue weighted by atomic mass is 10.1. The lowest BCUT2D eigenvalue weighted by Crippen LogP contribution is -2.30. The van der Waals surface area contributed by atoms with Gasteiger partial charge in [0.15, 0.2) is 0 Å². The van der Waals surface area contributed by atoms with Gasteiger partial charge in [-0.3, -0.25) is 9.59 Å². The van der Waals surface area contributed by atoms with E-state index < -0.39 is 5.91 Å². The van der Waals surface area contributed by atoms with Crippen LogP contribution in [0.4, 0.5) is 10.1 Å². The minimum Gasteiger partial charge on any atom is -0.333 e. The molecule has 6 nitrogen and oxygen atoms in total. The van der Waals surface area contributed by atoms with Gasteiger partial charge in [0.2, 0.25) is 10.9 Å². The summed E-state index contributed by atoms with van der Waals surface area (Å²) in [6.07, 6.45) is 2.85. The molecular formula is C22H21FN4O2S. The van der Waals surface area contributed by atoms with Gasteiger partial charge >= 0.3 is 0 Å². The Labute approximate surface area is 177 Å². The van der Waals surface area contributed by atoms with E-state index in [4.69, 9.17) is 0 Å². The molecule has 0 radical (unpaired) electrons. The number of nitrogens with zero attached hydrogens (tertiary/aromatic N) is 3. The highest BCUT2D eigenvalue weighted by molar-refractivity contribution is 7.13. The van der Waals surface area contributed by atoms with Gasteiger partial charge < -0.3 is 10.2 Å². The van der Waals surface area contributed by atoms with Crippen LogP contribution in [0.5, 0.6) is 0 Å². The van der Waals surface area contributed by atoms with Gasteiger partial charge in [-0.05, 0) is 49.1 Å². The van der Waals surface area contributed by atoms with Crippen LogP contribution in [-0.2, 0) is 11.2 Å². The minimum absolute atomic E-state index is 0.0915. The molecule has 0 unspecified atom stereocenters. The summed E-state index contributed by atoms with van der Waals surface area (Å²) in [6, 6.07) is 15.3. The number of likely N-dealkylation sites (tertiary alicyclic amines) is 1. The molecule has 154 valence electrons. The first kappa shape index (κ1) is 20.2. The van der Waals surface area contributed by atoms with Crippen LogP contribution in [0.25, 0.3) is 0 Å². The van der Waals surface area contributed by atoms with Gasteiger partial charge in [-0.2, -0.15) is 0 Å². The fraction of sp³-hybridized carbons (Fsp3) is 0.273. The largest absolute Gasteiger partial charge is 0.333 e. The van der Waals surface area contributed by atoms with Crippen molar-refractivity contribution in [3.63, 3.8) is 0 Å². The Kier molecular flexibility index (Phi) is 6.13. The number of hydrogen-bond donors (Lipinski definition) is 1. The second kappa shape index (κ2) is 9.13. The molecule has 0 saturated carbocycles. The van der Waals surface area contributed by atoms with Crippen molar-refractivity contribution in [3.8, 4) is 0 Å². The van der Waals surface area contributed by atoms with Crippen LogP contribution in [0.15, 0.2) is 54.6 Å². The van der Waals surface area contributed by atoms with Gasteiger partial charge in [-0.1, -0.05) is 41.7 Å². The third kappa shape index (κ3) is 4.71. The summed E-state index contributed by atoms with van der Waals surface area (Å²) in [5.74, 6) is -0.677. The van der Waals surface area contributed by atoms with Gasteiger partial charge in [0.05, 0.1) is 6.04 Å². The zero-order chi connectivity index (χ0) is 20.9. The van der Waals surface area contributed by atoms with E-state index in [0.717, 1.165) is 18.4 Å². The van der Waals surface area contributed by atoms with Crippen LogP contribution in [0, 0.1) is 5.82 Å². The molecular weight excluding hydrogens is 403 g/mol. The van der Waals surface area contributed by atoms with E-state index in [-0.39, 0.29) is 22.8 Å². The van der Waals surface area contributed by atoms with Crippen molar-refractivity contribution in [3.05, 3.63) is 76.0 Å². The van der Waals surface area contributed by atoms with Crippen molar-refractivity contribution in [1.29, 1.82) is 0 Å². The van der Waals surface area contributed by atoms with Crippen LogP contribution in [0.3, 0.4) is 0 Å². The maximum Gasteiger partial charge on any atom is 0.286 e. The van der Waals surface area contributed by atoms with Crippen molar-refractivity contribution in [1.82, 2.24) is 15.1 Å². The number of amides is 2. The third-order valence-corrected chi connectivity index (χ3v) is 6.09. The van der Waals surface area contributed by atoms with Crippen molar-refractivity contribution in [2.75, 3.05) is 11.9 Å². The molecule has 1 aliphatic rings. The molecule has 1 aliphatic heterocycles. The summed E-state index contributed by atoms with van der Waals surface area (Å²) in [5.41, 5.74) is 1.62. The van der Waals surface area contributed by atoms with Gasteiger partial charge in [0.25, 0.3) is 5.91 Å². The lowest BCUT2D eigenvalue weighted by Gasteiger charge is -2.22. The molecule has 1 aromatic heterocycles. The lowest BCUT2D eigenvalue weighted by molar-refractivity contribution is -0.132. The molecule has 2 aromatic carbocycles.